The predicted octanol–water partition coefficient (Wildman–Crippen LogP) is 3.30. The van der Waals surface area contributed by atoms with E-state index in [1.54, 1.807) is 0 Å². The van der Waals surface area contributed by atoms with Crippen molar-refractivity contribution in [3.63, 3.8) is 0 Å². The van der Waals surface area contributed by atoms with E-state index in [1.807, 2.05) is 22.6 Å². The van der Waals surface area contributed by atoms with Crippen LogP contribution in [0, 0.1) is 3.70 Å². The van der Waals surface area contributed by atoms with Crippen LogP contribution in [0.4, 0.5) is 11.6 Å². The van der Waals surface area contributed by atoms with E-state index >= 15 is 0 Å². The van der Waals surface area contributed by atoms with Gasteiger partial charge < -0.3 is 11.5 Å². The average molecular weight is 417 g/mol. The molecule has 0 fully saturated rings. The summed E-state index contributed by atoms with van der Waals surface area (Å²) in [6, 6.07) is 0. The summed E-state index contributed by atoms with van der Waals surface area (Å²) in [6.45, 7) is 0. The van der Waals surface area contributed by atoms with Crippen molar-refractivity contribution in [2.45, 2.75) is 14.9 Å². The van der Waals surface area contributed by atoms with Gasteiger partial charge in [-0.05, 0) is 22.6 Å². The third-order valence-corrected chi connectivity index (χ3v) is 2.89. The number of halogens is 3. The van der Waals surface area contributed by atoms with Crippen molar-refractivity contribution in [1.29, 1.82) is 0 Å². The fourth-order valence-electron chi connectivity index (χ4n) is 0.721. The molecule has 0 radical (unpaired) electrons. The Kier molecular flexibility index (Phi) is 10.7. The zero-order valence-corrected chi connectivity index (χ0v) is 12.0. The molecule has 2 aromatic rings. The number of aromatic nitrogens is 4. The Balaban J connectivity index is 0. The topological polar surface area (TPSA) is 104 Å². The number of nitrogen functional groups attached to an aromatic ring is 2. The van der Waals surface area contributed by atoms with Gasteiger partial charge in [-0.15, -0.1) is 0 Å². The molecule has 2 aromatic heterocycles. The lowest BCUT2D eigenvalue weighted by atomic mass is 10.7. The Morgan fingerprint density at radius 1 is 0.947 bits per heavy atom. The summed E-state index contributed by atoms with van der Waals surface area (Å²) in [7, 11) is 0. The maximum absolute atomic E-state index is 5.55. The zero-order chi connectivity index (χ0) is 12.8. The lowest BCUT2D eigenvalue weighted by Crippen LogP contribution is -1.93. The molecule has 2 heterocycles. The molecule has 9 heteroatoms. The molecular weight excluding hydrogens is 402 g/mol. The highest BCUT2D eigenvalue weighted by atomic mass is 127. The van der Waals surface area contributed by atoms with Gasteiger partial charge in [0.2, 0.25) is 0 Å². The molecule has 4 N–H and O–H groups in total. The molecule has 0 atom stereocenters. The highest BCUT2D eigenvalue weighted by Gasteiger charge is 1.97. The first-order chi connectivity index (χ1) is 7.99. The molecule has 0 amide bonds. The Bertz CT molecular complexity index is 494. The van der Waals surface area contributed by atoms with Crippen molar-refractivity contribution in [1.82, 2.24) is 19.9 Å². The number of nitrogens with zero attached hydrogens (tertiary/aromatic N) is 4. The summed E-state index contributed by atoms with van der Waals surface area (Å²) in [5, 5.41) is 0.681. The van der Waals surface area contributed by atoms with Crippen LogP contribution in [0.5, 0.6) is 0 Å². The van der Waals surface area contributed by atoms with Gasteiger partial charge in [0.05, 0.1) is 18.6 Å². The monoisotopic (exact) mass is 416 g/mol. The molecule has 6 nitrogen and oxygen atoms in total. The van der Waals surface area contributed by atoms with Crippen LogP contribution >= 0.6 is 45.8 Å². The quantitative estimate of drug-likeness (QED) is 0.638. The van der Waals surface area contributed by atoms with Gasteiger partial charge in [-0.3, -0.25) is 4.98 Å². The fourth-order valence-corrected chi connectivity index (χ4v) is 1.28. The van der Waals surface area contributed by atoms with Crippen molar-refractivity contribution in [2.24, 2.45) is 0 Å². The molecule has 0 aromatic carbocycles. The van der Waals surface area contributed by atoms with Crippen LogP contribution in [0.1, 0.15) is 14.9 Å². The van der Waals surface area contributed by atoms with Gasteiger partial charge in [0, 0.05) is 0 Å². The molecular formula is C10H15Cl2IN6. The maximum atomic E-state index is 5.55. The second-order valence-corrected chi connectivity index (χ2v) is 4.41. The lowest BCUT2D eigenvalue weighted by molar-refractivity contribution is 1.17. The van der Waals surface area contributed by atoms with Crippen molar-refractivity contribution in [3.05, 3.63) is 32.6 Å². The molecule has 0 spiro atoms. The summed E-state index contributed by atoms with van der Waals surface area (Å²) < 4.78 is 0.670. The van der Waals surface area contributed by atoms with E-state index in [1.165, 1.54) is 18.6 Å². The molecule has 0 aliphatic carbocycles. The van der Waals surface area contributed by atoms with Crippen LogP contribution < -0.4 is 11.5 Å². The molecule has 0 aliphatic heterocycles. The maximum Gasteiger partial charge on any atom is 0.163 e. The van der Waals surface area contributed by atoms with Gasteiger partial charge in [-0.2, -0.15) is 0 Å². The van der Waals surface area contributed by atoms with Gasteiger partial charge in [-0.1, -0.05) is 38.1 Å². The minimum absolute atomic E-state index is 0. The first kappa shape index (κ1) is 20.4. The SMILES string of the molecule is C.C.Nc1cnc(I)c(Cl)n1.Nc1cncc(Cl)n1. The molecule has 2 rings (SSSR count). The van der Waals surface area contributed by atoms with E-state index in [-0.39, 0.29) is 14.9 Å². The van der Waals surface area contributed by atoms with Crippen LogP contribution in [0.15, 0.2) is 18.6 Å². The molecule has 0 saturated carbocycles. The van der Waals surface area contributed by atoms with Crippen molar-refractivity contribution in [3.8, 4) is 0 Å². The summed E-state index contributed by atoms with van der Waals surface area (Å²) in [5.74, 6) is 0.693. The van der Waals surface area contributed by atoms with E-state index in [0.717, 1.165) is 0 Å². The summed E-state index contributed by atoms with van der Waals surface area (Å²) in [6.07, 6.45) is 4.33. The molecule has 0 bridgehead atoms. The largest absolute Gasteiger partial charge is 0.382 e. The molecule has 0 unspecified atom stereocenters. The van der Waals surface area contributed by atoms with Gasteiger partial charge >= 0.3 is 0 Å². The van der Waals surface area contributed by atoms with Gasteiger partial charge in [0.1, 0.15) is 20.5 Å². The van der Waals surface area contributed by atoms with E-state index in [2.05, 4.69) is 19.9 Å². The minimum Gasteiger partial charge on any atom is -0.382 e. The third kappa shape index (κ3) is 7.96. The highest BCUT2D eigenvalue weighted by molar-refractivity contribution is 14.1. The van der Waals surface area contributed by atoms with Crippen molar-refractivity contribution < 1.29 is 0 Å². The fraction of sp³-hybridized carbons (Fsp3) is 0.200. The van der Waals surface area contributed by atoms with Gasteiger partial charge in [0.25, 0.3) is 0 Å². The second-order valence-electron chi connectivity index (χ2n) is 2.64. The van der Waals surface area contributed by atoms with Crippen LogP contribution in [0.2, 0.25) is 10.3 Å². The molecule has 0 saturated heterocycles. The molecule has 106 valence electrons. The first-order valence-electron chi connectivity index (χ1n) is 4.15. The number of anilines is 2. The summed E-state index contributed by atoms with van der Waals surface area (Å²) in [5.41, 5.74) is 10.5. The van der Waals surface area contributed by atoms with E-state index in [9.17, 15) is 0 Å². The number of nitrogens with two attached hydrogens (primary N) is 2. The van der Waals surface area contributed by atoms with Crippen LogP contribution in [-0.2, 0) is 0 Å². The normalized spacial score (nSPS) is 8.37. The highest BCUT2D eigenvalue weighted by Crippen LogP contribution is 2.12. The summed E-state index contributed by atoms with van der Waals surface area (Å²) in [4.78, 5) is 14.9. The van der Waals surface area contributed by atoms with Crippen molar-refractivity contribution >= 4 is 57.4 Å². The number of hydrogen-bond acceptors (Lipinski definition) is 6. The lowest BCUT2D eigenvalue weighted by Gasteiger charge is -1.92. The van der Waals surface area contributed by atoms with Crippen LogP contribution in [-0.4, -0.2) is 19.9 Å². The predicted molar refractivity (Wildman–Crippen MR) is 89.1 cm³/mol. The second kappa shape index (κ2) is 9.93. The minimum atomic E-state index is 0. The number of hydrogen-bond donors (Lipinski definition) is 2. The van der Waals surface area contributed by atoms with Crippen LogP contribution in [0.25, 0.3) is 0 Å². The Hall–Kier alpha value is -0.930. The van der Waals surface area contributed by atoms with Crippen LogP contribution in [0.3, 0.4) is 0 Å². The Morgan fingerprint density at radius 2 is 1.53 bits per heavy atom. The zero-order valence-electron chi connectivity index (χ0n) is 8.31. The van der Waals surface area contributed by atoms with E-state index in [4.69, 9.17) is 34.7 Å². The van der Waals surface area contributed by atoms with Crippen molar-refractivity contribution in [2.75, 3.05) is 11.5 Å². The summed E-state index contributed by atoms with van der Waals surface area (Å²) >= 11 is 12.9. The molecule has 0 aliphatic rings. The van der Waals surface area contributed by atoms with E-state index < -0.39 is 0 Å². The Morgan fingerprint density at radius 3 is 1.89 bits per heavy atom. The third-order valence-electron chi connectivity index (χ3n) is 1.33. The van der Waals surface area contributed by atoms with E-state index in [0.29, 0.717) is 25.6 Å². The van der Waals surface area contributed by atoms with Gasteiger partial charge in [-0.25, -0.2) is 15.0 Å². The molecule has 19 heavy (non-hydrogen) atoms. The standard InChI is InChI=1S/C4H3ClIN3.C4H4ClN3.2CH4/c5-3-4(6)8-1-2(7)9-3;5-3-1-7-2-4(6)8-3;;/h1H,(H2,7,9);1-2H,(H2,6,8);2*1H4. The number of rotatable bonds is 0. The van der Waals surface area contributed by atoms with Gasteiger partial charge in [0.15, 0.2) is 5.15 Å². The average Bonchev–Trinajstić information content (AvgIpc) is 2.24. The smallest absolute Gasteiger partial charge is 0.163 e. The Labute approximate surface area is 136 Å². The first-order valence-corrected chi connectivity index (χ1v) is 5.99.